The van der Waals surface area contributed by atoms with Crippen LogP contribution in [0.25, 0.3) is 22.4 Å². The fourth-order valence-corrected chi connectivity index (χ4v) is 3.85. The van der Waals surface area contributed by atoms with Crippen LogP contribution < -0.4 is 0 Å². The van der Waals surface area contributed by atoms with E-state index in [1.165, 1.54) is 12.1 Å². The van der Waals surface area contributed by atoms with Crippen LogP contribution in [0.15, 0.2) is 64.9 Å². The Hall–Kier alpha value is -3.37. The Morgan fingerprint density at radius 2 is 1.90 bits per heavy atom. The maximum Gasteiger partial charge on any atom is 0.377 e. The second-order valence-electron chi connectivity index (χ2n) is 6.32. The molecule has 0 bridgehead atoms. The molecule has 1 atom stereocenters. The molecule has 2 aromatic carbocycles. The van der Waals surface area contributed by atoms with Crippen LogP contribution in [0.2, 0.25) is 0 Å². The van der Waals surface area contributed by atoms with Gasteiger partial charge < -0.3 is 19.9 Å². The number of aromatic amines is 1. The van der Waals surface area contributed by atoms with Crippen molar-refractivity contribution in [2.24, 2.45) is 0 Å². The first-order chi connectivity index (χ1) is 13.8. The molecule has 0 amide bonds. The molecule has 0 saturated carbocycles. The van der Waals surface area contributed by atoms with E-state index in [0.717, 1.165) is 5.56 Å². The quantitative estimate of drug-likeness (QED) is 0.412. The molecule has 0 saturated heterocycles. The van der Waals surface area contributed by atoms with E-state index in [2.05, 4.69) is 9.97 Å². The van der Waals surface area contributed by atoms with Gasteiger partial charge in [0.05, 0.1) is 22.5 Å². The number of nitrogens with zero attached hydrogens (tertiary/aromatic N) is 1. The molecular formula is C19H16N2O7S. The number of carbonyl (C=O) groups excluding carboxylic acids is 1. The minimum absolute atomic E-state index is 0.0701. The fourth-order valence-electron chi connectivity index (χ4n) is 2.90. The van der Waals surface area contributed by atoms with E-state index >= 15 is 0 Å². The Bertz CT molecular complexity index is 1220. The summed E-state index contributed by atoms with van der Waals surface area (Å²) >= 11 is 0. The second-order valence-corrected chi connectivity index (χ2v) is 7.94. The Kier molecular flexibility index (Phi) is 4.73. The number of imidazole rings is 1. The van der Waals surface area contributed by atoms with Crippen molar-refractivity contribution in [3.8, 4) is 11.4 Å². The number of ether oxygens (including phenoxy) is 1. The number of cyclic esters (lactones) is 1. The van der Waals surface area contributed by atoms with Crippen molar-refractivity contribution in [2.45, 2.75) is 17.4 Å². The van der Waals surface area contributed by atoms with Crippen molar-refractivity contribution >= 4 is 27.1 Å². The van der Waals surface area contributed by atoms with Crippen molar-refractivity contribution in [3.63, 3.8) is 0 Å². The van der Waals surface area contributed by atoms with Gasteiger partial charge in [0.1, 0.15) is 5.82 Å². The van der Waals surface area contributed by atoms with Gasteiger partial charge in [0.25, 0.3) is 10.1 Å². The lowest BCUT2D eigenvalue weighted by atomic mass is 10.2. The summed E-state index contributed by atoms with van der Waals surface area (Å²) in [4.78, 5) is 18.6. The lowest BCUT2D eigenvalue weighted by Crippen LogP contribution is -2.17. The van der Waals surface area contributed by atoms with Crippen LogP contribution in [0.4, 0.5) is 0 Å². The summed E-state index contributed by atoms with van der Waals surface area (Å²) < 4.78 is 34.6. The van der Waals surface area contributed by atoms with Crippen molar-refractivity contribution in [2.75, 3.05) is 6.61 Å². The topological polar surface area (TPSA) is 139 Å². The van der Waals surface area contributed by atoms with Gasteiger partial charge in [-0.2, -0.15) is 8.42 Å². The number of hydrogen-bond donors (Lipinski definition) is 3. The number of fused-ring (bicyclic) bond motifs is 1. The highest BCUT2D eigenvalue weighted by molar-refractivity contribution is 7.86. The maximum absolute atomic E-state index is 12.4. The first-order valence-corrected chi connectivity index (χ1v) is 10.0. The standard InChI is InChI=1S/C19H16N2O7S/c22-16-15(28-19(24)17(16)23)8-9-27-29(25,26)12-6-7-13-14(10-12)21-18(20-13)11-4-2-1-3-5-11/h1-7,10,15,22-23H,8-9H2,(H,20,21)/t15-/m1/s1. The van der Waals surface area contributed by atoms with Crippen LogP contribution in [-0.4, -0.2) is 47.3 Å². The van der Waals surface area contributed by atoms with Gasteiger partial charge in [-0.25, -0.2) is 9.78 Å². The van der Waals surface area contributed by atoms with E-state index in [9.17, 15) is 23.4 Å². The smallest absolute Gasteiger partial charge is 0.377 e. The van der Waals surface area contributed by atoms with E-state index in [1.807, 2.05) is 30.3 Å². The van der Waals surface area contributed by atoms with Crippen LogP contribution >= 0.6 is 0 Å². The van der Waals surface area contributed by atoms with Crippen LogP contribution in [0.1, 0.15) is 6.42 Å². The fraction of sp³-hybridized carbons (Fsp3) is 0.158. The SMILES string of the molecule is O=C1O[C@H](CCOS(=O)(=O)c2ccc3nc(-c4ccccc4)[nH]c3c2)C(O)=C1O. The minimum atomic E-state index is -4.09. The molecule has 1 aromatic heterocycles. The van der Waals surface area contributed by atoms with Crippen molar-refractivity contribution < 1.29 is 32.3 Å². The molecule has 0 fully saturated rings. The van der Waals surface area contributed by atoms with Crippen molar-refractivity contribution in [1.29, 1.82) is 0 Å². The largest absolute Gasteiger partial charge is 0.505 e. The summed E-state index contributed by atoms with van der Waals surface area (Å²) in [6, 6.07) is 13.8. The molecule has 1 aliphatic rings. The van der Waals surface area contributed by atoms with Gasteiger partial charge >= 0.3 is 5.97 Å². The summed E-state index contributed by atoms with van der Waals surface area (Å²) in [6.07, 6.45) is -1.27. The van der Waals surface area contributed by atoms with E-state index in [-0.39, 0.29) is 17.9 Å². The van der Waals surface area contributed by atoms with Crippen molar-refractivity contribution in [3.05, 3.63) is 60.0 Å². The minimum Gasteiger partial charge on any atom is -0.505 e. The van der Waals surface area contributed by atoms with E-state index < -0.39 is 33.7 Å². The number of nitrogens with one attached hydrogen (secondary N) is 1. The van der Waals surface area contributed by atoms with Gasteiger partial charge in [-0.1, -0.05) is 30.3 Å². The number of rotatable bonds is 6. The third-order valence-corrected chi connectivity index (χ3v) is 5.71. The second kappa shape index (κ2) is 7.22. The first-order valence-electron chi connectivity index (χ1n) is 8.63. The average Bonchev–Trinajstić information content (AvgIpc) is 3.25. The Morgan fingerprint density at radius 1 is 1.14 bits per heavy atom. The number of hydrogen-bond acceptors (Lipinski definition) is 8. The molecular weight excluding hydrogens is 400 g/mol. The molecule has 4 rings (SSSR count). The zero-order valence-corrected chi connectivity index (χ0v) is 15.7. The van der Waals surface area contributed by atoms with Gasteiger partial charge in [-0.15, -0.1) is 0 Å². The van der Waals surface area contributed by atoms with Crippen LogP contribution in [0, 0.1) is 0 Å². The van der Waals surface area contributed by atoms with Crippen LogP contribution in [-0.2, 0) is 23.8 Å². The zero-order chi connectivity index (χ0) is 20.6. The molecule has 0 spiro atoms. The third-order valence-electron chi connectivity index (χ3n) is 4.40. The normalized spacial score (nSPS) is 17.1. The molecule has 9 nitrogen and oxygen atoms in total. The van der Waals surface area contributed by atoms with Crippen LogP contribution in [0.5, 0.6) is 0 Å². The number of H-pyrrole nitrogens is 1. The molecule has 0 aliphatic carbocycles. The van der Waals surface area contributed by atoms with Crippen molar-refractivity contribution in [1.82, 2.24) is 9.97 Å². The van der Waals surface area contributed by atoms with Crippen LogP contribution in [0.3, 0.4) is 0 Å². The van der Waals surface area contributed by atoms with E-state index in [4.69, 9.17) is 8.92 Å². The van der Waals surface area contributed by atoms with Gasteiger partial charge in [-0.05, 0) is 18.2 Å². The monoisotopic (exact) mass is 416 g/mol. The van der Waals surface area contributed by atoms with Gasteiger partial charge in [0.15, 0.2) is 11.9 Å². The van der Waals surface area contributed by atoms with E-state index in [0.29, 0.717) is 16.9 Å². The summed E-state index contributed by atoms with van der Waals surface area (Å²) in [5.41, 5.74) is 2.00. The number of aliphatic hydroxyl groups excluding tert-OH is 2. The first kappa shape index (κ1) is 19.0. The molecule has 3 aromatic rings. The summed E-state index contributed by atoms with van der Waals surface area (Å²) in [6.45, 7) is -0.353. The number of aromatic nitrogens is 2. The molecule has 0 unspecified atom stereocenters. The lowest BCUT2D eigenvalue weighted by molar-refractivity contribution is -0.142. The summed E-state index contributed by atoms with van der Waals surface area (Å²) in [5.74, 6) is -1.96. The molecule has 10 heteroatoms. The Balaban J connectivity index is 1.49. The molecule has 2 heterocycles. The summed E-state index contributed by atoms with van der Waals surface area (Å²) in [5, 5.41) is 18.8. The molecule has 3 N–H and O–H groups in total. The van der Waals surface area contributed by atoms with Gasteiger partial charge in [0, 0.05) is 12.0 Å². The van der Waals surface area contributed by atoms with E-state index in [1.54, 1.807) is 6.07 Å². The number of aliphatic hydroxyl groups is 2. The lowest BCUT2D eigenvalue weighted by Gasteiger charge is -2.10. The number of carbonyl (C=O) groups is 1. The highest BCUT2D eigenvalue weighted by Gasteiger charge is 2.34. The molecule has 150 valence electrons. The maximum atomic E-state index is 12.4. The average molecular weight is 416 g/mol. The number of benzene rings is 2. The Labute approximate surface area is 165 Å². The van der Waals surface area contributed by atoms with Gasteiger partial charge in [0.2, 0.25) is 5.76 Å². The predicted octanol–water partition coefficient (Wildman–Crippen LogP) is 2.58. The summed E-state index contributed by atoms with van der Waals surface area (Å²) in [7, 11) is -4.09. The highest BCUT2D eigenvalue weighted by atomic mass is 32.2. The predicted molar refractivity (Wildman–Crippen MR) is 101 cm³/mol. The molecule has 29 heavy (non-hydrogen) atoms. The molecule has 1 aliphatic heterocycles. The highest BCUT2D eigenvalue weighted by Crippen LogP contribution is 2.25. The number of esters is 1. The third kappa shape index (κ3) is 3.67. The molecule has 0 radical (unpaired) electrons. The Morgan fingerprint density at radius 3 is 2.59 bits per heavy atom. The van der Waals surface area contributed by atoms with Gasteiger partial charge in [-0.3, -0.25) is 4.18 Å². The zero-order valence-electron chi connectivity index (χ0n) is 14.9.